The summed E-state index contributed by atoms with van der Waals surface area (Å²) in [4.78, 5) is 27.0. The molecule has 2 amide bonds. The first-order chi connectivity index (χ1) is 9.52. The third-order valence-corrected chi connectivity index (χ3v) is 4.22. The van der Waals surface area contributed by atoms with Gasteiger partial charge in [0.05, 0.1) is 6.04 Å². The predicted molar refractivity (Wildman–Crippen MR) is 84.8 cm³/mol. The fourth-order valence-electron chi connectivity index (χ4n) is 2.17. The minimum atomic E-state index is -1.02. The summed E-state index contributed by atoms with van der Waals surface area (Å²) >= 11 is 1.69. The number of carbonyl (C=O) groups excluding carboxylic acids is 1. The quantitative estimate of drug-likeness (QED) is 0.896. The number of hydrogen-bond acceptors (Lipinski definition) is 3. The summed E-state index contributed by atoms with van der Waals surface area (Å²) in [5.41, 5.74) is 0.525. The summed E-state index contributed by atoms with van der Waals surface area (Å²) in [6.45, 7) is 11.1. The third kappa shape index (κ3) is 4.74. The average molecular weight is 312 g/mol. The maximum atomic E-state index is 12.4. The van der Waals surface area contributed by atoms with E-state index in [4.69, 9.17) is 5.11 Å². The van der Waals surface area contributed by atoms with Gasteiger partial charge in [-0.3, -0.25) is 4.79 Å². The molecule has 0 radical (unpaired) electrons. The van der Waals surface area contributed by atoms with Gasteiger partial charge in [-0.05, 0) is 53.2 Å². The van der Waals surface area contributed by atoms with Crippen LogP contribution in [0.3, 0.4) is 0 Å². The number of hydrogen-bond donors (Lipinski definition) is 2. The number of aliphatic carboxylic acids is 1. The topological polar surface area (TPSA) is 69.6 Å². The molecule has 0 aliphatic carbocycles. The molecule has 0 bridgehead atoms. The summed E-state index contributed by atoms with van der Waals surface area (Å²) < 4.78 is 0. The molecule has 1 aromatic rings. The highest BCUT2D eigenvalue weighted by atomic mass is 32.1. The first kappa shape index (κ1) is 17.5. The van der Waals surface area contributed by atoms with Crippen molar-refractivity contribution in [3.8, 4) is 0 Å². The Labute approximate surface area is 130 Å². The van der Waals surface area contributed by atoms with Crippen LogP contribution < -0.4 is 5.32 Å². The van der Waals surface area contributed by atoms with Crippen molar-refractivity contribution in [1.82, 2.24) is 10.2 Å². The van der Waals surface area contributed by atoms with Crippen LogP contribution in [0, 0.1) is 13.8 Å². The number of thiophene rings is 1. The average Bonchev–Trinajstić information content (AvgIpc) is 2.63. The summed E-state index contributed by atoms with van der Waals surface area (Å²) in [5, 5.41) is 11.9. The van der Waals surface area contributed by atoms with Crippen LogP contribution in [0.4, 0.5) is 4.79 Å². The van der Waals surface area contributed by atoms with Crippen LogP contribution in [-0.4, -0.2) is 34.1 Å². The molecule has 1 rings (SSSR count). The van der Waals surface area contributed by atoms with Gasteiger partial charge in [-0.25, -0.2) is 4.79 Å². The number of carbonyl (C=O) groups is 2. The van der Waals surface area contributed by atoms with Crippen LogP contribution in [0.2, 0.25) is 0 Å². The van der Waals surface area contributed by atoms with Crippen molar-refractivity contribution in [1.29, 1.82) is 0 Å². The zero-order chi connectivity index (χ0) is 16.4. The van der Waals surface area contributed by atoms with Crippen LogP contribution in [0.5, 0.6) is 0 Å². The Hall–Kier alpha value is -1.56. The molecule has 0 spiro atoms. The van der Waals surface area contributed by atoms with E-state index in [1.165, 1.54) is 14.7 Å². The summed E-state index contributed by atoms with van der Waals surface area (Å²) in [7, 11) is 0. The van der Waals surface area contributed by atoms with E-state index >= 15 is 0 Å². The standard InChI is InChI=1S/C15H24N2O3S/c1-9-7-12(11(3)21-9)10(2)16-14(20)17(8-13(18)19)15(4,5)6/h7,10H,8H2,1-6H3,(H,16,20)(H,18,19). The Morgan fingerprint density at radius 2 is 1.95 bits per heavy atom. The Balaban J connectivity index is 2.86. The molecular formula is C15H24N2O3S. The Bertz CT molecular complexity index is 532. The number of nitrogens with zero attached hydrogens (tertiary/aromatic N) is 1. The van der Waals surface area contributed by atoms with Crippen molar-refractivity contribution in [3.05, 3.63) is 21.4 Å². The molecule has 0 fully saturated rings. The Kier molecular flexibility index (Phi) is 5.39. The van der Waals surface area contributed by atoms with Gasteiger partial charge in [-0.2, -0.15) is 0 Å². The number of nitrogens with one attached hydrogen (secondary N) is 1. The van der Waals surface area contributed by atoms with E-state index in [1.807, 2.05) is 41.5 Å². The van der Waals surface area contributed by atoms with Crippen molar-refractivity contribution >= 4 is 23.3 Å². The Morgan fingerprint density at radius 1 is 1.38 bits per heavy atom. The lowest BCUT2D eigenvalue weighted by atomic mass is 10.1. The van der Waals surface area contributed by atoms with Crippen LogP contribution in [0.15, 0.2) is 6.07 Å². The summed E-state index contributed by atoms with van der Waals surface area (Å²) in [6, 6.07) is 1.55. The van der Waals surface area contributed by atoms with Crippen molar-refractivity contribution < 1.29 is 14.7 Å². The first-order valence-electron chi connectivity index (χ1n) is 6.89. The van der Waals surface area contributed by atoms with Crippen molar-refractivity contribution in [2.75, 3.05) is 6.54 Å². The van der Waals surface area contributed by atoms with Crippen molar-refractivity contribution in [2.45, 2.75) is 53.1 Å². The van der Waals surface area contributed by atoms with E-state index in [2.05, 4.69) is 11.4 Å². The van der Waals surface area contributed by atoms with Gasteiger partial charge in [-0.15, -0.1) is 11.3 Å². The molecular weight excluding hydrogens is 288 g/mol. The lowest BCUT2D eigenvalue weighted by Crippen LogP contribution is -2.52. The summed E-state index contributed by atoms with van der Waals surface area (Å²) in [5.74, 6) is -1.02. The van der Waals surface area contributed by atoms with Crippen molar-refractivity contribution in [3.63, 3.8) is 0 Å². The first-order valence-corrected chi connectivity index (χ1v) is 7.71. The molecule has 0 saturated heterocycles. The smallest absolute Gasteiger partial charge is 0.323 e. The normalized spacial score (nSPS) is 12.9. The van der Waals surface area contributed by atoms with Gasteiger partial charge >= 0.3 is 12.0 Å². The largest absolute Gasteiger partial charge is 0.480 e. The molecule has 0 saturated carbocycles. The number of aryl methyl sites for hydroxylation is 2. The van der Waals surface area contributed by atoms with E-state index in [-0.39, 0.29) is 18.6 Å². The molecule has 0 aromatic carbocycles. The molecule has 5 nitrogen and oxygen atoms in total. The molecule has 1 aromatic heterocycles. The van der Waals surface area contributed by atoms with E-state index in [0.717, 1.165) is 5.56 Å². The zero-order valence-corrected chi connectivity index (χ0v) is 14.3. The molecule has 21 heavy (non-hydrogen) atoms. The van der Waals surface area contributed by atoms with Crippen molar-refractivity contribution in [2.24, 2.45) is 0 Å². The fraction of sp³-hybridized carbons (Fsp3) is 0.600. The fourth-order valence-corrected chi connectivity index (χ4v) is 3.19. The molecule has 1 heterocycles. The van der Waals surface area contributed by atoms with E-state index in [0.29, 0.717) is 0 Å². The number of urea groups is 1. The zero-order valence-electron chi connectivity index (χ0n) is 13.5. The molecule has 1 atom stereocenters. The van der Waals surface area contributed by atoms with Crippen LogP contribution >= 0.6 is 11.3 Å². The maximum Gasteiger partial charge on any atom is 0.323 e. The monoisotopic (exact) mass is 312 g/mol. The molecule has 0 aliphatic heterocycles. The van der Waals surface area contributed by atoms with E-state index < -0.39 is 11.5 Å². The second-order valence-electron chi connectivity index (χ2n) is 6.19. The number of amides is 2. The van der Waals surface area contributed by atoms with Gasteiger partial charge in [0.2, 0.25) is 0 Å². The van der Waals surface area contributed by atoms with Crippen LogP contribution in [0.25, 0.3) is 0 Å². The highest BCUT2D eigenvalue weighted by Gasteiger charge is 2.29. The van der Waals surface area contributed by atoms with Crippen LogP contribution in [0.1, 0.15) is 49.1 Å². The second-order valence-corrected chi connectivity index (χ2v) is 7.65. The number of carboxylic acids is 1. The molecule has 0 aliphatic rings. The highest BCUT2D eigenvalue weighted by Crippen LogP contribution is 2.26. The summed E-state index contributed by atoms with van der Waals surface area (Å²) in [6.07, 6.45) is 0. The lowest BCUT2D eigenvalue weighted by molar-refractivity contribution is -0.138. The Morgan fingerprint density at radius 3 is 2.33 bits per heavy atom. The third-order valence-electron chi connectivity index (χ3n) is 3.23. The number of rotatable bonds is 4. The molecule has 1 unspecified atom stereocenters. The van der Waals surface area contributed by atoms with E-state index in [9.17, 15) is 9.59 Å². The minimum absolute atomic E-state index is 0.152. The number of carboxylic acid groups (broad SMARTS) is 1. The van der Waals surface area contributed by atoms with Gasteiger partial charge in [0.25, 0.3) is 0 Å². The second kappa shape index (κ2) is 6.47. The molecule has 118 valence electrons. The van der Waals surface area contributed by atoms with Gasteiger partial charge in [0, 0.05) is 15.3 Å². The lowest BCUT2D eigenvalue weighted by Gasteiger charge is -2.35. The maximum absolute atomic E-state index is 12.4. The van der Waals surface area contributed by atoms with Crippen LogP contribution in [-0.2, 0) is 4.79 Å². The van der Waals surface area contributed by atoms with E-state index in [1.54, 1.807) is 11.3 Å². The van der Waals surface area contributed by atoms with Gasteiger partial charge < -0.3 is 15.3 Å². The minimum Gasteiger partial charge on any atom is -0.480 e. The van der Waals surface area contributed by atoms with Gasteiger partial charge in [0.1, 0.15) is 6.54 Å². The predicted octanol–water partition coefficient (Wildman–Crippen LogP) is 3.32. The molecule has 6 heteroatoms. The highest BCUT2D eigenvalue weighted by molar-refractivity contribution is 7.12. The molecule has 2 N–H and O–H groups in total. The SMILES string of the molecule is Cc1cc(C(C)NC(=O)N(CC(=O)O)C(C)(C)C)c(C)s1. The van der Waals surface area contributed by atoms with Gasteiger partial charge in [0.15, 0.2) is 0 Å². The van der Waals surface area contributed by atoms with Gasteiger partial charge in [-0.1, -0.05) is 0 Å².